The number of alkyl halides is 1. The lowest BCUT2D eigenvalue weighted by Gasteiger charge is -2.24. The zero-order valence-electron chi connectivity index (χ0n) is 10.3. The Bertz CT molecular complexity index is 368. The van der Waals surface area contributed by atoms with Crippen LogP contribution in [0.15, 0.2) is 24.3 Å². The van der Waals surface area contributed by atoms with Crippen molar-refractivity contribution in [1.82, 2.24) is 0 Å². The van der Waals surface area contributed by atoms with Crippen molar-refractivity contribution in [2.45, 2.75) is 13.3 Å². The van der Waals surface area contributed by atoms with Gasteiger partial charge in [0.05, 0.1) is 6.61 Å². The molecule has 1 aromatic rings. The Hall–Kier alpha value is -0.870. The third kappa shape index (κ3) is 4.13. The molecule has 4 heteroatoms. The largest absolute Gasteiger partial charge is 0.383 e. The second-order valence-electron chi connectivity index (χ2n) is 3.76. The third-order valence-electron chi connectivity index (χ3n) is 2.53. The van der Waals surface area contributed by atoms with Gasteiger partial charge in [-0.25, -0.2) is 0 Å². The molecule has 0 fully saturated rings. The molecule has 0 spiro atoms. The summed E-state index contributed by atoms with van der Waals surface area (Å²) < 4.78 is 5.06. The van der Waals surface area contributed by atoms with Crippen LogP contribution in [0.4, 0.5) is 5.69 Å². The van der Waals surface area contributed by atoms with Gasteiger partial charge in [-0.2, -0.15) is 0 Å². The van der Waals surface area contributed by atoms with Crippen molar-refractivity contribution in [2.24, 2.45) is 0 Å². The summed E-state index contributed by atoms with van der Waals surface area (Å²) in [5, 5.41) is 0.682. The van der Waals surface area contributed by atoms with Gasteiger partial charge in [0.15, 0.2) is 0 Å². The summed E-state index contributed by atoms with van der Waals surface area (Å²) in [4.78, 5) is 13.8. The highest BCUT2D eigenvalue weighted by molar-refractivity contribution is 9.09. The van der Waals surface area contributed by atoms with Gasteiger partial charge in [-0.05, 0) is 18.6 Å². The molecule has 17 heavy (non-hydrogen) atoms. The van der Waals surface area contributed by atoms with Crippen LogP contribution in [-0.4, -0.2) is 31.5 Å². The normalized spacial score (nSPS) is 10.3. The van der Waals surface area contributed by atoms with Crippen LogP contribution in [-0.2, 0) is 9.53 Å². The molecule has 0 atom stereocenters. The van der Waals surface area contributed by atoms with E-state index < -0.39 is 0 Å². The summed E-state index contributed by atoms with van der Waals surface area (Å²) in [5.41, 5.74) is 2.07. The van der Waals surface area contributed by atoms with E-state index in [2.05, 4.69) is 15.9 Å². The molecular weight excluding hydrogens is 282 g/mol. The molecule has 0 aromatic heterocycles. The van der Waals surface area contributed by atoms with Gasteiger partial charge in [-0.1, -0.05) is 34.1 Å². The molecule has 1 aromatic carbocycles. The van der Waals surface area contributed by atoms with Crippen LogP contribution in [0.5, 0.6) is 0 Å². The van der Waals surface area contributed by atoms with Crippen LogP contribution in [0.25, 0.3) is 0 Å². The van der Waals surface area contributed by atoms with E-state index in [1.54, 1.807) is 12.0 Å². The van der Waals surface area contributed by atoms with Gasteiger partial charge >= 0.3 is 0 Å². The van der Waals surface area contributed by atoms with E-state index in [0.29, 0.717) is 24.9 Å². The topological polar surface area (TPSA) is 29.5 Å². The predicted molar refractivity (Wildman–Crippen MR) is 73.8 cm³/mol. The number of anilines is 1. The van der Waals surface area contributed by atoms with Crippen LogP contribution in [0.1, 0.15) is 12.0 Å². The molecule has 0 aliphatic carbocycles. The van der Waals surface area contributed by atoms with Gasteiger partial charge in [0.25, 0.3) is 0 Å². The van der Waals surface area contributed by atoms with Gasteiger partial charge in [-0.15, -0.1) is 0 Å². The first kappa shape index (κ1) is 14.2. The Morgan fingerprint density at radius 3 is 2.71 bits per heavy atom. The number of methoxy groups -OCH3 is 1. The first-order valence-electron chi connectivity index (χ1n) is 5.61. The number of aryl methyl sites for hydroxylation is 1. The second-order valence-corrected chi connectivity index (χ2v) is 4.56. The van der Waals surface area contributed by atoms with E-state index in [1.165, 1.54) is 0 Å². The summed E-state index contributed by atoms with van der Waals surface area (Å²) in [5.74, 6) is 0.119. The van der Waals surface area contributed by atoms with Crippen molar-refractivity contribution in [3.8, 4) is 0 Å². The predicted octanol–water partition coefficient (Wildman–Crippen LogP) is 2.76. The summed E-state index contributed by atoms with van der Waals surface area (Å²) in [6, 6.07) is 7.90. The molecule has 0 radical (unpaired) electrons. The molecule has 0 N–H and O–H groups in total. The molecular formula is C13H18BrNO2. The fourth-order valence-corrected chi connectivity index (χ4v) is 1.98. The van der Waals surface area contributed by atoms with Gasteiger partial charge in [0.2, 0.25) is 5.91 Å². The van der Waals surface area contributed by atoms with Crippen LogP contribution in [0.3, 0.4) is 0 Å². The molecule has 3 nitrogen and oxygen atoms in total. The van der Waals surface area contributed by atoms with E-state index in [1.807, 2.05) is 31.2 Å². The Labute approximate surface area is 111 Å². The van der Waals surface area contributed by atoms with Gasteiger partial charge in [0, 0.05) is 31.1 Å². The van der Waals surface area contributed by atoms with E-state index >= 15 is 0 Å². The number of amides is 1. The minimum atomic E-state index is 0.119. The molecule has 0 saturated heterocycles. The first-order chi connectivity index (χ1) is 8.20. The number of hydrogen-bond acceptors (Lipinski definition) is 2. The molecule has 0 aliphatic heterocycles. The Balaban J connectivity index is 2.89. The number of rotatable bonds is 6. The number of carbonyl (C=O) groups excluding carboxylic acids is 1. The lowest BCUT2D eigenvalue weighted by atomic mass is 10.1. The zero-order valence-corrected chi connectivity index (χ0v) is 11.9. The lowest BCUT2D eigenvalue weighted by Crippen LogP contribution is -2.34. The molecule has 1 rings (SSSR count). The van der Waals surface area contributed by atoms with E-state index in [-0.39, 0.29) is 5.91 Å². The molecule has 0 heterocycles. The number of benzene rings is 1. The lowest BCUT2D eigenvalue weighted by molar-refractivity contribution is -0.118. The number of nitrogens with zero attached hydrogens (tertiary/aromatic N) is 1. The number of carbonyl (C=O) groups is 1. The summed E-state index contributed by atoms with van der Waals surface area (Å²) in [7, 11) is 1.64. The third-order valence-corrected chi connectivity index (χ3v) is 2.93. The second kappa shape index (κ2) is 7.45. The first-order valence-corrected chi connectivity index (χ1v) is 6.73. The van der Waals surface area contributed by atoms with Crippen molar-refractivity contribution in [1.29, 1.82) is 0 Å². The van der Waals surface area contributed by atoms with Crippen LogP contribution < -0.4 is 4.90 Å². The molecule has 0 saturated carbocycles. The Kier molecular flexibility index (Phi) is 6.22. The maximum Gasteiger partial charge on any atom is 0.227 e. The molecule has 0 unspecified atom stereocenters. The standard InChI is InChI=1S/C13H18BrNO2/c1-11-5-3-4-6-12(11)15(9-10-17-2)13(16)7-8-14/h3-6H,7-10H2,1-2H3. The highest BCUT2D eigenvalue weighted by Gasteiger charge is 2.16. The highest BCUT2D eigenvalue weighted by Crippen LogP contribution is 2.20. The maximum atomic E-state index is 12.0. The van der Waals surface area contributed by atoms with E-state index in [9.17, 15) is 4.79 Å². The summed E-state index contributed by atoms with van der Waals surface area (Å²) in [6.45, 7) is 3.14. The smallest absolute Gasteiger partial charge is 0.227 e. The van der Waals surface area contributed by atoms with Crippen molar-refractivity contribution in [3.63, 3.8) is 0 Å². The summed E-state index contributed by atoms with van der Waals surface area (Å²) >= 11 is 3.30. The Morgan fingerprint density at radius 1 is 1.41 bits per heavy atom. The number of hydrogen-bond donors (Lipinski definition) is 0. The fourth-order valence-electron chi connectivity index (χ4n) is 1.64. The fraction of sp³-hybridized carbons (Fsp3) is 0.462. The quantitative estimate of drug-likeness (QED) is 0.756. The number of para-hydroxylation sites is 1. The van der Waals surface area contributed by atoms with Gasteiger partial charge < -0.3 is 9.64 Å². The van der Waals surface area contributed by atoms with Gasteiger partial charge in [0.1, 0.15) is 0 Å². The Morgan fingerprint density at radius 2 is 2.12 bits per heavy atom. The molecule has 0 bridgehead atoms. The summed E-state index contributed by atoms with van der Waals surface area (Å²) in [6.07, 6.45) is 0.498. The van der Waals surface area contributed by atoms with Crippen molar-refractivity contribution >= 4 is 27.5 Å². The highest BCUT2D eigenvalue weighted by atomic mass is 79.9. The minimum Gasteiger partial charge on any atom is -0.383 e. The average Bonchev–Trinajstić information content (AvgIpc) is 2.32. The number of ether oxygens (including phenoxy) is 1. The van der Waals surface area contributed by atoms with Crippen LogP contribution in [0, 0.1) is 6.92 Å². The minimum absolute atomic E-state index is 0.119. The van der Waals surface area contributed by atoms with Crippen molar-refractivity contribution in [2.75, 3.05) is 30.5 Å². The molecule has 94 valence electrons. The van der Waals surface area contributed by atoms with E-state index in [0.717, 1.165) is 11.3 Å². The van der Waals surface area contributed by atoms with Crippen molar-refractivity contribution < 1.29 is 9.53 Å². The monoisotopic (exact) mass is 299 g/mol. The maximum absolute atomic E-state index is 12.0. The van der Waals surface area contributed by atoms with Crippen LogP contribution in [0.2, 0.25) is 0 Å². The SMILES string of the molecule is COCCN(C(=O)CCBr)c1ccccc1C. The van der Waals surface area contributed by atoms with E-state index in [4.69, 9.17) is 4.74 Å². The average molecular weight is 300 g/mol. The van der Waals surface area contributed by atoms with Gasteiger partial charge in [-0.3, -0.25) is 4.79 Å². The molecule has 0 aliphatic rings. The van der Waals surface area contributed by atoms with Crippen molar-refractivity contribution in [3.05, 3.63) is 29.8 Å². The zero-order chi connectivity index (χ0) is 12.7. The van der Waals surface area contributed by atoms with Crippen LogP contribution >= 0.6 is 15.9 Å². The molecule has 1 amide bonds. The number of halogens is 1.